The largest absolute Gasteiger partial charge is 0.353 e. The zero-order chi connectivity index (χ0) is 12.8. The highest BCUT2D eigenvalue weighted by Gasteiger charge is 2.11. The molecule has 0 aromatic carbocycles. The smallest absolute Gasteiger partial charge is 0.0362 e. The quantitative estimate of drug-likeness (QED) is 0.783. The molecule has 1 unspecified atom stereocenters. The molecule has 1 atom stereocenters. The molecule has 0 aliphatic heterocycles. The van der Waals surface area contributed by atoms with E-state index in [1.165, 1.54) is 12.1 Å². The maximum absolute atomic E-state index is 3.66. The number of likely N-dealkylation sites (N-methyl/N-ethyl adjacent to an activating group) is 1. The minimum Gasteiger partial charge on any atom is -0.353 e. The van der Waals surface area contributed by atoms with Crippen LogP contribution in [0.25, 0.3) is 0 Å². The molecule has 0 aliphatic rings. The van der Waals surface area contributed by atoms with E-state index in [1.54, 1.807) is 0 Å². The molecule has 0 saturated carbocycles. The predicted octanol–water partition coefficient (Wildman–Crippen LogP) is 2.09. The third kappa shape index (κ3) is 5.37. The monoisotopic (exact) mass is 237 g/mol. The van der Waals surface area contributed by atoms with Crippen molar-refractivity contribution in [2.45, 2.75) is 32.9 Å². The molecular weight excluding hydrogens is 210 g/mol. The molecule has 0 amide bonds. The molecule has 0 fully saturated rings. The van der Waals surface area contributed by atoms with Crippen LogP contribution in [0.4, 0.5) is 0 Å². The molecule has 1 aromatic rings. The number of nitrogens with one attached hydrogen (secondary N) is 1. The normalized spacial score (nSPS) is 13.6. The van der Waals surface area contributed by atoms with Crippen molar-refractivity contribution < 1.29 is 0 Å². The number of nitrogens with zero attached hydrogens (tertiary/aromatic N) is 2. The van der Waals surface area contributed by atoms with Crippen LogP contribution in [0, 0.1) is 5.92 Å². The van der Waals surface area contributed by atoms with Gasteiger partial charge in [0.25, 0.3) is 0 Å². The van der Waals surface area contributed by atoms with Gasteiger partial charge in [0.05, 0.1) is 0 Å². The Bertz CT molecular complexity index is 305. The van der Waals surface area contributed by atoms with Gasteiger partial charge in [-0.2, -0.15) is 0 Å². The summed E-state index contributed by atoms with van der Waals surface area (Å²) >= 11 is 0. The molecule has 1 aromatic heterocycles. The first-order chi connectivity index (χ1) is 7.99. The summed E-state index contributed by atoms with van der Waals surface area (Å²) in [6.07, 6.45) is 3.32. The number of aromatic nitrogens is 1. The Morgan fingerprint density at radius 2 is 2.06 bits per heavy atom. The number of rotatable bonds is 7. The Labute approximate surface area is 106 Å². The highest BCUT2D eigenvalue weighted by molar-refractivity contribution is 5.06. The van der Waals surface area contributed by atoms with Crippen LogP contribution in [-0.4, -0.2) is 36.1 Å². The van der Waals surface area contributed by atoms with Gasteiger partial charge in [0.15, 0.2) is 0 Å². The molecule has 1 rings (SSSR count). The van der Waals surface area contributed by atoms with Crippen molar-refractivity contribution in [1.82, 2.24) is 14.8 Å². The fourth-order valence-electron chi connectivity index (χ4n) is 2.16. The molecule has 98 valence electrons. The maximum atomic E-state index is 3.66. The summed E-state index contributed by atoms with van der Waals surface area (Å²) in [6.45, 7) is 6.62. The predicted molar refractivity (Wildman–Crippen MR) is 74.0 cm³/mol. The van der Waals surface area contributed by atoms with Gasteiger partial charge in [-0.15, -0.1) is 0 Å². The fraction of sp³-hybridized carbons (Fsp3) is 0.714. The van der Waals surface area contributed by atoms with Crippen LogP contribution in [-0.2, 0) is 13.6 Å². The summed E-state index contributed by atoms with van der Waals surface area (Å²) in [5, 5.41) is 3.66. The second kappa shape index (κ2) is 6.82. The number of hydrogen-bond donors (Lipinski definition) is 1. The molecule has 17 heavy (non-hydrogen) atoms. The molecule has 1 N–H and O–H groups in total. The van der Waals surface area contributed by atoms with Gasteiger partial charge in [0.1, 0.15) is 0 Å². The first-order valence-corrected chi connectivity index (χ1v) is 6.47. The fourth-order valence-corrected chi connectivity index (χ4v) is 2.16. The lowest BCUT2D eigenvalue weighted by atomic mass is 10.0. The van der Waals surface area contributed by atoms with Crippen LogP contribution < -0.4 is 5.32 Å². The molecule has 0 spiro atoms. The van der Waals surface area contributed by atoms with E-state index in [-0.39, 0.29) is 0 Å². The van der Waals surface area contributed by atoms with Gasteiger partial charge in [-0.1, -0.05) is 13.8 Å². The second-order valence-corrected chi connectivity index (χ2v) is 5.58. The summed E-state index contributed by atoms with van der Waals surface area (Å²) < 4.78 is 2.18. The molecular formula is C14H27N3. The van der Waals surface area contributed by atoms with E-state index in [0.717, 1.165) is 19.0 Å². The van der Waals surface area contributed by atoms with Crippen molar-refractivity contribution in [2.24, 2.45) is 13.0 Å². The van der Waals surface area contributed by atoms with E-state index >= 15 is 0 Å². The lowest BCUT2D eigenvalue weighted by Crippen LogP contribution is -2.39. The Morgan fingerprint density at radius 3 is 2.53 bits per heavy atom. The van der Waals surface area contributed by atoms with Crippen molar-refractivity contribution in [3.8, 4) is 0 Å². The van der Waals surface area contributed by atoms with Crippen LogP contribution >= 0.6 is 0 Å². The standard InChI is InChI=1S/C14H27N3/c1-12(2)9-13(11-16(3)4)15-10-14-7-6-8-17(14)5/h6-8,12-13,15H,9-11H2,1-5H3. The topological polar surface area (TPSA) is 20.2 Å². The minimum absolute atomic E-state index is 0.569. The average molecular weight is 237 g/mol. The average Bonchev–Trinajstić information content (AvgIpc) is 2.59. The summed E-state index contributed by atoms with van der Waals surface area (Å²) in [5.41, 5.74) is 1.34. The molecule has 0 radical (unpaired) electrons. The first-order valence-electron chi connectivity index (χ1n) is 6.47. The Morgan fingerprint density at radius 1 is 1.35 bits per heavy atom. The van der Waals surface area contributed by atoms with Crippen LogP contribution in [0.15, 0.2) is 18.3 Å². The Hall–Kier alpha value is -0.800. The van der Waals surface area contributed by atoms with E-state index in [1.807, 2.05) is 0 Å². The van der Waals surface area contributed by atoms with Crippen molar-refractivity contribution in [3.05, 3.63) is 24.0 Å². The van der Waals surface area contributed by atoms with Gasteiger partial charge in [-0.3, -0.25) is 0 Å². The minimum atomic E-state index is 0.569. The van der Waals surface area contributed by atoms with Crippen molar-refractivity contribution >= 4 is 0 Å². The molecule has 3 heteroatoms. The summed E-state index contributed by atoms with van der Waals surface area (Å²) in [4.78, 5) is 2.26. The van der Waals surface area contributed by atoms with Crippen LogP contribution in [0.2, 0.25) is 0 Å². The highest BCUT2D eigenvalue weighted by Crippen LogP contribution is 2.07. The van der Waals surface area contributed by atoms with E-state index in [4.69, 9.17) is 0 Å². The SMILES string of the molecule is CC(C)CC(CN(C)C)NCc1cccn1C. The lowest BCUT2D eigenvalue weighted by molar-refractivity contribution is 0.303. The Kier molecular flexibility index (Phi) is 5.72. The third-order valence-electron chi connectivity index (χ3n) is 2.96. The zero-order valence-electron chi connectivity index (χ0n) is 11.9. The number of hydrogen-bond acceptors (Lipinski definition) is 2. The van der Waals surface area contributed by atoms with Gasteiger partial charge in [0.2, 0.25) is 0 Å². The van der Waals surface area contributed by atoms with E-state index in [9.17, 15) is 0 Å². The zero-order valence-corrected chi connectivity index (χ0v) is 11.9. The third-order valence-corrected chi connectivity index (χ3v) is 2.96. The van der Waals surface area contributed by atoms with Gasteiger partial charge in [-0.25, -0.2) is 0 Å². The van der Waals surface area contributed by atoms with Gasteiger partial charge in [0, 0.05) is 38.1 Å². The highest BCUT2D eigenvalue weighted by atomic mass is 15.1. The van der Waals surface area contributed by atoms with E-state index in [2.05, 4.69) is 68.1 Å². The molecule has 0 saturated heterocycles. The molecule has 1 heterocycles. The lowest BCUT2D eigenvalue weighted by Gasteiger charge is -2.24. The summed E-state index contributed by atoms with van der Waals surface area (Å²) in [7, 11) is 6.37. The second-order valence-electron chi connectivity index (χ2n) is 5.58. The van der Waals surface area contributed by atoms with Gasteiger partial charge >= 0.3 is 0 Å². The molecule has 0 bridgehead atoms. The van der Waals surface area contributed by atoms with Crippen LogP contribution in [0.3, 0.4) is 0 Å². The van der Waals surface area contributed by atoms with Gasteiger partial charge in [-0.05, 0) is 38.6 Å². The van der Waals surface area contributed by atoms with Crippen molar-refractivity contribution in [3.63, 3.8) is 0 Å². The maximum Gasteiger partial charge on any atom is 0.0362 e. The van der Waals surface area contributed by atoms with Crippen molar-refractivity contribution in [1.29, 1.82) is 0 Å². The summed E-state index contributed by atoms with van der Waals surface area (Å²) in [6, 6.07) is 4.84. The number of aryl methyl sites for hydroxylation is 1. The first kappa shape index (κ1) is 14.3. The van der Waals surface area contributed by atoms with Crippen molar-refractivity contribution in [2.75, 3.05) is 20.6 Å². The van der Waals surface area contributed by atoms with Crippen LogP contribution in [0.1, 0.15) is 26.0 Å². The van der Waals surface area contributed by atoms with E-state index < -0.39 is 0 Å². The Balaban J connectivity index is 2.45. The molecule has 0 aliphatic carbocycles. The van der Waals surface area contributed by atoms with Gasteiger partial charge < -0.3 is 14.8 Å². The van der Waals surface area contributed by atoms with E-state index in [0.29, 0.717) is 6.04 Å². The molecule has 3 nitrogen and oxygen atoms in total. The summed E-state index contributed by atoms with van der Waals surface area (Å²) in [5.74, 6) is 0.737. The van der Waals surface area contributed by atoms with Crippen LogP contribution in [0.5, 0.6) is 0 Å².